The van der Waals surface area contributed by atoms with Crippen LogP contribution >= 0.6 is 0 Å². The van der Waals surface area contributed by atoms with E-state index in [9.17, 15) is 9.90 Å². The number of phenols is 1. The molecule has 2 N–H and O–H groups in total. The van der Waals surface area contributed by atoms with Gasteiger partial charge in [0, 0.05) is 37.2 Å². The van der Waals surface area contributed by atoms with Crippen molar-refractivity contribution in [2.45, 2.75) is 6.42 Å². The SMILES string of the molecule is COc1cc(N2CC(CO)CC2=O)ccc1O. The monoisotopic (exact) mass is 237 g/mol. The van der Waals surface area contributed by atoms with Crippen LogP contribution in [0.2, 0.25) is 0 Å². The first-order valence-electron chi connectivity index (χ1n) is 5.44. The van der Waals surface area contributed by atoms with Crippen LogP contribution in [0.25, 0.3) is 0 Å². The molecule has 5 heteroatoms. The molecule has 1 aliphatic heterocycles. The van der Waals surface area contributed by atoms with E-state index in [-0.39, 0.29) is 24.2 Å². The maximum absolute atomic E-state index is 11.7. The van der Waals surface area contributed by atoms with Gasteiger partial charge < -0.3 is 19.8 Å². The van der Waals surface area contributed by atoms with E-state index in [0.29, 0.717) is 24.4 Å². The van der Waals surface area contributed by atoms with E-state index < -0.39 is 0 Å². The predicted molar refractivity (Wildman–Crippen MR) is 62.2 cm³/mol. The molecule has 0 radical (unpaired) electrons. The molecule has 0 saturated carbocycles. The van der Waals surface area contributed by atoms with Gasteiger partial charge in [0.15, 0.2) is 11.5 Å². The zero-order valence-electron chi connectivity index (χ0n) is 9.59. The van der Waals surface area contributed by atoms with E-state index in [2.05, 4.69) is 0 Å². The van der Waals surface area contributed by atoms with E-state index in [4.69, 9.17) is 9.84 Å². The summed E-state index contributed by atoms with van der Waals surface area (Å²) in [5.41, 5.74) is 0.681. The second kappa shape index (κ2) is 4.63. The number of rotatable bonds is 3. The Morgan fingerprint density at radius 3 is 2.88 bits per heavy atom. The van der Waals surface area contributed by atoms with Crippen LogP contribution in [-0.4, -0.2) is 36.4 Å². The van der Waals surface area contributed by atoms with E-state index in [1.54, 1.807) is 17.0 Å². The number of carbonyl (C=O) groups is 1. The molecule has 1 atom stereocenters. The average molecular weight is 237 g/mol. The van der Waals surface area contributed by atoms with Crippen molar-refractivity contribution < 1.29 is 19.7 Å². The van der Waals surface area contributed by atoms with Gasteiger partial charge >= 0.3 is 0 Å². The number of hydrogen-bond donors (Lipinski definition) is 2. The number of ether oxygens (including phenoxy) is 1. The molecule has 1 aliphatic rings. The van der Waals surface area contributed by atoms with Gasteiger partial charge in [0.05, 0.1) is 7.11 Å². The molecule has 5 nitrogen and oxygen atoms in total. The summed E-state index contributed by atoms with van der Waals surface area (Å²) < 4.78 is 5.00. The van der Waals surface area contributed by atoms with Crippen LogP contribution in [0.5, 0.6) is 11.5 Å². The number of hydrogen-bond acceptors (Lipinski definition) is 4. The summed E-state index contributed by atoms with van der Waals surface area (Å²) in [6, 6.07) is 4.77. The molecule has 1 aromatic rings. The van der Waals surface area contributed by atoms with E-state index in [1.165, 1.54) is 13.2 Å². The Bertz CT molecular complexity index is 433. The predicted octanol–water partition coefficient (Wildman–Crippen LogP) is 0.746. The van der Waals surface area contributed by atoms with Gasteiger partial charge in [0.2, 0.25) is 5.91 Å². The molecule has 0 spiro atoms. The molecular formula is C12H15NO4. The van der Waals surface area contributed by atoms with E-state index >= 15 is 0 Å². The number of aromatic hydroxyl groups is 1. The van der Waals surface area contributed by atoms with E-state index in [0.717, 1.165) is 0 Å². The smallest absolute Gasteiger partial charge is 0.227 e. The number of carbonyl (C=O) groups excluding carboxylic acids is 1. The van der Waals surface area contributed by atoms with Crippen molar-refractivity contribution in [3.63, 3.8) is 0 Å². The van der Waals surface area contributed by atoms with Crippen molar-refractivity contribution >= 4 is 11.6 Å². The van der Waals surface area contributed by atoms with Crippen molar-refractivity contribution in [3.05, 3.63) is 18.2 Å². The van der Waals surface area contributed by atoms with Crippen molar-refractivity contribution in [2.24, 2.45) is 5.92 Å². The Morgan fingerprint density at radius 2 is 2.29 bits per heavy atom. The maximum Gasteiger partial charge on any atom is 0.227 e. The number of nitrogens with zero attached hydrogens (tertiary/aromatic N) is 1. The van der Waals surface area contributed by atoms with E-state index in [1.807, 2.05) is 0 Å². The van der Waals surface area contributed by atoms with Crippen LogP contribution in [0.4, 0.5) is 5.69 Å². The molecule has 1 unspecified atom stereocenters. The maximum atomic E-state index is 11.7. The number of benzene rings is 1. The highest BCUT2D eigenvalue weighted by Crippen LogP contribution is 2.33. The first-order valence-corrected chi connectivity index (χ1v) is 5.44. The lowest BCUT2D eigenvalue weighted by Crippen LogP contribution is -2.24. The molecular weight excluding hydrogens is 222 g/mol. The fourth-order valence-corrected chi connectivity index (χ4v) is 1.99. The highest BCUT2D eigenvalue weighted by atomic mass is 16.5. The summed E-state index contributed by atoms with van der Waals surface area (Å²) >= 11 is 0. The second-order valence-corrected chi connectivity index (χ2v) is 4.11. The highest BCUT2D eigenvalue weighted by Gasteiger charge is 2.30. The van der Waals surface area contributed by atoms with Crippen molar-refractivity contribution in [1.82, 2.24) is 0 Å². The Kier molecular flexibility index (Phi) is 3.19. The van der Waals surface area contributed by atoms with Crippen molar-refractivity contribution in [1.29, 1.82) is 0 Å². The quantitative estimate of drug-likeness (QED) is 0.813. The Hall–Kier alpha value is -1.75. The Morgan fingerprint density at radius 1 is 1.53 bits per heavy atom. The van der Waals surface area contributed by atoms with Gasteiger partial charge in [0.1, 0.15) is 0 Å². The molecule has 0 aromatic heterocycles. The number of aliphatic hydroxyl groups is 1. The van der Waals surface area contributed by atoms with Gasteiger partial charge in [-0.1, -0.05) is 0 Å². The molecule has 1 fully saturated rings. The third-order valence-corrected chi connectivity index (χ3v) is 2.94. The van der Waals surface area contributed by atoms with Gasteiger partial charge in [-0.3, -0.25) is 4.79 Å². The third kappa shape index (κ3) is 2.19. The number of anilines is 1. The fourth-order valence-electron chi connectivity index (χ4n) is 1.99. The Balaban J connectivity index is 2.26. The average Bonchev–Trinajstić information content (AvgIpc) is 2.71. The second-order valence-electron chi connectivity index (χ2n) is 4.11. The number of aliphatic hydroxyl groups excluding tert-OH is 1. The lowest BCUT2D eigenvalue weighted by atomic mass is 10.1. The lowest BCUT2D eigenvalue weighted by molar-refractivity contribution is -0.117. The molecule has 1 heterocycles. The lowest BCUT2D eigenvalue weighted by Gasteiger charge is -2.17. The van der Waals surface area contributed by atoms with Crippen LogP contribution in [0.15, 0.2) is 18.2 Å². The van der Waals surface area contributed by atoms with Crippen molar-refractivity contribution in [2.75, 3.05) is 25.2 Å². The van der Waals surface area contributed by atoms with Gasteiger partial charge in [0.25, 0.3) is 0 Å². The zero-order chi connectivity index (χ0) is 12.4. The van der Waals surface area contributed by atoms with Gasteiger partial charge in [-0.25, -0.2) is 0 Å². The fraction of sp³-hybridized carbons (Fsp3) is 0.417. The molecule has 92 valence electrons. The number of amides is 1. The third-order valence-electron chi connectivity index (χ3n) is 2.94. The standard InChI is InChI=1S/C12H15NO4/c1-17-11-5-9(2-3-10(11)15)13-6-8(7-14)4-12(13)16/h2-3,5,8,14-15H,4,6-7H2,1H3. The first kappa shape index (κ1) is 11.7. The van der Waals surface area contributed by atoms with Gasteiger partial charge in [-0.05, 0) is 12.1 Å². The van der Waals surface area contributed by atoms with Crippen LogP contribution < -0.4 is 9.64 Å². The largest absolute Gasteiger partial charge is 0.504 e. The molecule has 0 bridgehead atoms. The first-order chi connectivity index (χ1) is 8.15. The molecule has 17 heavy (non-hydrogen) atoms. The molecule has 1 aromatic carbocycles. The van der Waals surface area contributed by atoms with Crippen LogP contribution in [-0.2, 0) is 4.79 Å². The number of methoxy groups -OCH3 is 1. The minimum absolute atomic E-state index is 0.0114. The number of phenolic OH excluding ortho intramolecular Hbond substituents is 1. The molecule has 1 saturated heterocycles. The highest BCUT2D eigenvalue weighted by molar-refractivity contribution is 5.96. The summed E-state index contributed by atoms with van der Waals surface area (Å²) in [5, 5.41) is 18.5. The summed E-state index contributed by atoms with van der Waals surface area (Å²) in [4.78, 5) is 13.3. The molecule has 0 aliphatic carbocycles. The van der Waals surface area contributed by atoms with Crippen LogP contribution in [0.1, 0.15) is 6.42 Å². The summed E-state index contributed by atoms with van der Waals surface area (Å²) in [6.45, 7) is 0.515. The van der Waals surface area contributed by atoms with Crippen LogP contribution in [0.3, 0.4) is 0 Å². The molecule has 2 rings (SSSR count). The summed E-state index contributed by atoms with van der Waals surface area (Å²) in [7, 11) is 1.46. The van der Waals surface area contributed by atoms with Crippen LogP contribution in [0, 0.1) is 5.92 Å². The topological polar surface area (TPSA) is 70.0 Å². The zero-order valence-corrected chi connectivity index (χ0v) is 9.59. The minimum Gasteiger partial charge on any atom is -0.504 e. The Labute approximate surface area is 99.2 Å². The van der Waals surface area contributed by atoms with Crippen molar-refractivity contribution in [3.8, 4) is 11.5 Å². The van der Waals surface area contributed by atoms with Gasteiger partial charge in [-0.2, -0.15) is 0 Å². The normalized spacial score (nSPS) is 19.8. The summed E-state index contributed by atoms with van der Waals surface area (Å²) in [6.07, 6.45) is 0.361. The molecule has 1 amide bonds. The van der Waals surface area contributed by atoms with Gasteiger partial charge in [-0.15, -0.1) is 0 Å². The minimum atomic E-state index is -0.0169. The summed E-state index contributed by atoms with van der Waals surface area (Å²) in [5.74, 6) is 0.350.